The summed E-state index contributed by atoms with van der Waals surface area (Å²) in [4.78, 5) is 62.2. The highest BCUT2D eigenvalue weighted by atomic mass is 16.5. The van der Waals surface area contributed by atoms with Crippen molar-refractivity contribution >= 4 is 29.6 Å². The molecule has 1 N–H and O–H groups in total. The van der Waals surface area contributed by atoms with Crippen molar-refractivity contribution in [2.24, 2.45) is 0 Å². The first-order valence-corrected chi connectivity index (χ1v) is 9.00. The molecule has 0 fully saturated rings. The van der Waals surface area contributed by atoms with E-state index in [0.29, 0.717) is 5.76 Å². The number of hydrogen-bond acceptors (Lipinski definition) is 7. The number of benzene rings is 1. The van der Waals surface area contributed by atoms with E-state index in [1.807, 2.05) is 0 Å². The number of furan rings is 1. The second-order valence-corrected chi connectivity index (χ2v) is 6.51. The molecule has 0 unspecified atom stereocenters. The Balaban J connectivity index is 1.42. The summed E-state index contributed by atoms with van der Waals surface area (Å²) in [6, 6.07) is 9.61. The van der Waals surface area contributed by atoms with Crippen molar-refractivity contribution in [2.75, 3.05) is 26.7 Å². The molecule has 0 saturated carbocycles. The fourth-order valence-electron chi connectivity index (χ4n) is 2.77. The Hall–Kier alpha value is -3.95. The van der Waals surface area contributed by atoms with Gasteiger partial charge in [-0.05, 0) is 24.3 Å². The molecule has 0 bridgehead atoms. The summed E-state index contributed by atoms with van der Waals surface area (Å²) in [6.45, 7) is -1.28. The van der Waals surface area contributed by atoms with Crippen molar-refractivity contribution in [3.8, 4) is 0 Å². The van der Waals surface area contributed by atoms with Crippen LogP contribution in [0.4, 0.5) is 0 Å². The number of nitrogens with zero attached hydrogens (tertiary/aromatic N) is 2. The first-order valence-electron chi connectivity index (χ1n) is 9.00. The Morgan fingerprint density at radius 2 is 1.73 bits per heavy atom. The van der Waals surface area contributed by atoms with E-state index in [4.69, 9.17) is 9.15 Å². The Bertz CT molecular complexity index is 949. The minimum absolute atomic E-state index is 0.184. The summed E-state index contributed by atoms with van der Waals surface area (Å²) in [5.74, 6) is -2.56. The van der Waals surface area contributed by atoms with Gasteiger partial charge in [0, 0.05) is 7.05 Å². The lowest BCUT2D eigenvalue weighted by Crippen LogP contribution is -2.41. The number of carbonyl (C=O) groups excluding carboxylic acids is 5. The van der Waals surface area contributed by atoms with Crippen LogP contribution in [-0.4, -0.2) is 66.1 Å². The van der Waals surface area contributed by atoms with Crippen molar-refractivity contribution in [1.82, 2.24) is 15.1 Å². The average molecular weight is 413 g/mol. The third-order valence-corrected chi connectivity index (χ3v) is 4.37. The number of likely N-dealkylation sites (N-methyl/N-ethyl adjacent to an activating group) is 1. The van der Waals surface area contributed by atoms with Gasteiger partial charge in [-0.1, -0.05) is 12.1 Å². The number of fused-ring (bicyclic) bond motifs is 1. The number of amides is 4. The normalized spacial score (nSPS) is 12.5. The van der Waals surface area contributed by atoms with Crippen molar-refractivity contribution in [2.45, 2.75) is 6.54 Å². The van der Waals surface area contributed by atoms with Gasteiger partial charge in [0.25, 0.3) is 17.7 Å². The molecule has 10 nitrogen and oxygen atoms in total. The average Bonchev–Trinajstić information content (AvgIpc) is 3.34. The Morgan fingerprint density at radius 1 is 1.07 bits per heavy atom. The largest absolute Gasteiger partial charge is 0.467 e. The van der Waals surface area contributed by atoms with Crippen LogP contribution in [0.5, 0.6) is 0 Å². The van der Waals surface area contributed by atoms with Crippen LogP contribution in [0.25, 0.3) is 0 Å². The summed E-state index contributed by atoms with van der Waals surface area (Å²) in [5, 5.41) is 2.59. The quantitative estimate of drug-likeness (QED) is 0.484. The van der Waals surface area contributed by atoms with Crippen LogP contribution in [0, 0.1) is 0 Å². The monoisotopic (exact) mass is 413 g/mol. The van der Waals surface area contributed by atoms with Crippen LogP contribution in [0.2, 0.25) is 0 Å². The van der Waals surface area contributed by atoms with Crippen LogP contribution in [0.15, 0.2) is 47.1 Å². The van der Waals surface area contributed by atoms with Crippen LogP contribution >= 0.6 is 0 Å². The Morgan fingerprint density at radius 3 is 2.33 bits per heavy atom. The number of carbonyl (C=O) groups is 5. The number of hydrogen-bond donors (Lipinski definition) is 1. The summed E-state index contributed by atoms with van der Waals surface area (Å²) >= 11 is 0. The van der Waals surface area contributed by atoms with Gasteiger partial charge in [-0.2, -0.15) is 0 Å². The zero-order valence-electron chi connectivity index (χ0n) is 16.1. The fraction of sp³-hybridized carbons (Fsp3) is 0.250. The molecule has 30 heavy (non-hydrogen) atoms. The summed E-state index contributed by atoms with van der Waals surface area (Å²) in [6.07, 6.45) is 1.48. The highest BCUT2D eigenvalue weighted by Crippen LogP contribution is 2.22. The first-order chi connectivity index (χ1) is 14.4. The van der Waals surface area contributed by atoms with E-state index >= 15 is 0 Å². The van der Waals surface area contributed by atoms with Gasteiger partial charge in [0.1, 0.15) is 12.3 Å². The van der Waals surface area contributed by atoms with Gasteiger partial charge in [-0.15, -0.1) is 0 Å². The van der Waals surface area contributed by atoms with E-state index in [1.165, 1.54) is 25.4 Å². The molecule has 1 aliphatic rings. The van der Waals surface area contributed by atoms with Gasteiger partial charge in [-0.25, -0.2) is 0 Å². The molecule has 1 aromatic heterocycles. The topological polar surface area (TPSA) is 126 Å². The molecule has 0 radical (unpaired) electrons. The highest BCUT2D eigenvalue weighted by molar-refractivity contribution is 6.22. The molecule has 1 aliphatic heterocycles. The zero-order valence-corrected chi connectivity index (χ0v) is 16.1. The molecular weight excluding hydrogens is 394 g/mol. The van der Waals surface area contributed by atoms with Crippen LogP contribution in [-0.2, 0) is 25.7 Å². The third-order valence-electron chi connectivity index (χ3n) is 4.37. The van der Waals surface area contributed by atoms with E-state index in [2.05, 4.69) is 5.32 Å². The van der Waals surface area contributed by atoms with Gasteiger partial charge >= 0.3 is 5.97 Å². The van der Waals surface area contributed by atoms with Crippen molar-refractivity contribution in [3.05, 3.63) is 59.5 Å². The maximum atomic E-state index is 12.2. The SMILES string of the molecule is CN(CC(=O)NCc1ccco1)C(=O)COC(=O)CN1C(=O)c2ccccc2C1=O. The Labute approximate surface area is 171 Å². The molecule has 0 spiro atoms. The van der Waals surface area contributed by atoms with Crippen LogP contribution < -0.4 is 5.32 Å². The smallest absolute Gasteiger partial charge is 0.326 e. The van der Waals surface area contributed by atoms with Gasteiger partial charge in [0.2, 0.25) is 5.91 Å². The molecule has 4 amide bonds. The van der Waals surface area contributed by atoms with Gasteiger partial charge in [0.05, 0.1) is 30.5 Å². The predicted octanol–water partition coefficient (Wildman–Crippen LogP) is 0.194. The lowest BCUT2D eigenvalue weighted by Gasteiger charge is -2.17. The molecular formula is C20H19N3O7. The van der Waals surface area contributed by atoms with E-state index in [1.54, 1.807) is 24.3 Å². The molecule has 0 aliphatic carbocycles. The molecule has 1 aromatic carbocycles. The minimum atomic E-state index is -0.909. The van der Waals surface area contributed by atoms with Crippen molar-refractivity contribution in [1.29, 1.82) is 0 Å². The van der Waals surface area contributed by atoms with Crippen molar-refractivity contribution in [3.63, 3.8) is 0 Å². The zero-order chi connectivity index (χ0) is 21.7. The van der Waals surface area contributed by atoms with E-state index in [-0.39, 0.29) is 24.2 Å². The maximum Gasteiger partial charge on any atom is 0.326 e. The van der Waals surface area contributed by atoms with Gasteiger partial charge in [0.15, 0.2) is 6.61 Å². The number of ether oxygens (including phenoxy) is 1. The lowest BCUT2D eigenvalue weighted by molar-refractivity contribution is -0.152. The van der Waals surface area contributed by atoms with Crippen LogP contribution in [0.1, 0.15) is 26.5 Å². The summed E-state index contributed by atoms with van der Waals surface area (Å²) in [7, 11) is 1.38. The number of rotatable bonds is 8. The lowest BCUT2D eigenvalue weighted by atomic mass is 10.1. The molecule has 10 heteroatoms. The maximum absolute atomic E-state index is 12.2. The van der Waals surface area contributed by atoms with Gasteiger partial charge < -0.3 is 19.4 Å². The standard InChI is InChI=1S/C20H19N3O7/c1-22(10-16(24)21-9-13-5-4-8-29-13)17(25)12-30-18(26)11-23-19(27)14-6-2-3-7-15(14)20(23)28/h2-8H,9-12H2,1H3,(H,21,24). The first kappa shape index (κ1) is 20.8. The molecule has 0 saturated heterocycles. The summed E-state index contributed by atoms with van der Waals surface area (Å²) < 4.78 is 9.95. The number of nitrogens with one attached hydrogen (secondary N) is 1. The third kappa shape index (κ3) is 4.72. The minimum Gasteiger partial charge on any atom is -0.467 e. The molecule has 0 atom stereocenters. The second-order valence-electron chi connectivity index (χ2n) is 6.51. The van der Waals surface area contributed by atoms with Crippen LogP contribution in [0.3, 0.4) is 0 Å². The number of imide groups is 1. The molecule has 156 valence electrons. The molecule has 2 aromatic rings. The van der Waals surface area contributed by atoms with E-state index < -0.39 is 42.7 Å². The number of esters is 1. The Kier molecular flexibility index (Phi) is 6.26. The van der Waals surface area contributed by atoms with Crippen molar-refractivity contribution < 1.29 is 33.1 Å². The summed E-state index contributed by atoms with van der Waals surface area (Å²) in [5.41, 5.74) is 0.429. The van der Waals surface area contributed by atoms with E-state index in [9.17, 15) is 24.0 Å². The second kappa shape index (κ2) is 9.03. The molecule has 2 heterocycles. The predicted molar refractivity (Wildman–Crippen MR) is 101 cm³/mol. The van der Waals surface area contributed by atoms with Gasteiger partial charge in [-0.3, -0.25) is 28.9 Å². The highest BCUT2D eigenvalue weighted by Gasteiger charge is 2.36. The fourth-order valence-corrected chi connectivity index (χ4v) is 2.77. The molecule has 3 rings (SSSR count). The van der Waals surface area contributed by atoms with E-state index in [0.717, 1.165) is 9.80 Å².